The number of hydrogen-bond acceptors (Lipinski definition) is 4. The first kappa shape index (κ1) is 14.6. The minimum absolute atomic E-state index is 0.249. The van der Waals surface area contributed by atoms with Gasteiger partial charge in [-0.3, -0.25) is 21.3 Å². The van der Waals surface area contributed by atoms with Gasteiger partial charge in [0.25, 0.3) is 5.91 Å². The lowest BCUT2D eigenvalue weighted by molar-refractivity contribution is -0.129. The summed E-state index contributed by atoms with van der Waals surface area (Å²) in [5.41, 5.74) is 2.74. The fourth-order valence-corrected chi connectivity index (χ4v) is 0.420. The molecule has 0 aliphatic carbocycles. The van der Waals surface area contributed by atoms with E-state index in [4.69, 9.17) is 4.84 Å². The van der Waals surface area contributed by atoms with E-state index in [2.05, 4.69) is 30.7 Å². The lowest BCUT2D eigenvalue weighted by Gasteiger charge is -2.03. The van der Waals surface area contributed by atoms with Gasteiger partial charge in [-0.05, 0) is 13.3 Å². The fourth-order valence-electron chi connectivity index (χ4n) is 0.420. The summed E-state index contributed by atoms with van der Waals surface area (Å²) < 4.78 is 0. The Kier molecular flexibility index (Phi) is 12.5. The van der Waals surface area contributed by atoms with Gasteiger partial charge in [-0.2, -0.15) is 0 Å². The molecular weight excluding hydrogens is 170 g/mol. The third kappa shape index (κ3) is 11.1. The second-order valence-corrected chi connectivity index (χ2v) is 2.41. The molecule has 0 radical (unpaired) electrons. The van der Waals surface area contributed by atoms with Gasteiger partial charge in [0.1, 0.15) is 0 Å². The van der Waals surface area contributed by atoms with Crippen LogP contribution in [0.25, 0.3) is 0 Å². The number of unbranched alkanes of at least 4 members (excludes halogenated alkanes) is 1. The van der Waals surface area contributed by atoms with Crippen molar-refractivity contribution in [2.24, 2.45) is 11.7 Å². The molecule has 5 nitrogen and oxygen atoms in total. The highest BCUT2D eigenvalue weighted by molar-refractivity contribution is 5.91. The lowest BCUT2D eigenvalue weighted by atomic mass is 10.3. The molecule has 0 aromatic carbocycles. The number of nitrogens with two attached hydrogens (primary N) is 2. The average molecular weight is 189 g/mol. The molecule has 0 fully saturated rings. The zero-order valence-electron chi connectivity index (χ0n) is 8.30. The summed E-state index contributed by atoms with van der Waals surface area (Å²) in [7, 11) is 0. The highest BCUT2D eigenvalue weighted by Crippen LogP contribution is 1.88. The van der Waals surface area contributed by atoms with Crippen molar-refractivity contribution in [3.63, 3.8) is 0 Å². The maximum absolute atomic E-state index is 10.8. The van der Waals surface area contributed by atoms with Crippen molar-refractivity contribution in [3.8, 4) is 0 Å². The molecule has 0 atom stereocenters. The zero-order valence-corrected chi connectivity index (χ0v) is 8.30. The highest BCUT2D eigenvalue weighted by Gasteiger charge is 1.98. The summed E-state index contributed by atoms with van der Waals surface area (Å²) in [6, 6.07) is 0. The number of nitrogens with one attached hydrogen (secondary N) is 1. The molecule has 0 aromatic rings. The highest BCUT2D eigenvalue weighted by atomic mass is 16.6. The molecule has 0 aromatic heterocycles. The quantitative estimate of drug-likeness (QED) is 0.250. The van der Waals surface area contributed by atoms with Crippen LogP contribution in [0, 0.1) is 0 Å². The SMILES string of the molecule is C=C(C)C(=O)NOCCCC.NN. The van der Waals surface area contributed by atoms with E-state index in [0.29, 0.717) is 12.2 Å². The predicted molar refractivity (Wildman–Crippen MR) is 52.2 cm³/mol. The van der Waals surface area contributed by atoms with Crippen LogP contribution in [0.4, 0.5) is 0 Å². The molecule has 0 saturated carbocycles. The molecule has 0 heterocycles. The summed E-state index contributed by atoms with van der Waals surface area (Å²) >= 11 is 0. The third-order valence-corrected chi connectivity index (χ3v) is 1.15. The standard InChI is InChI=1S/C8H15NO2.H4N2/c1-4-5-6-11-9-8(10)7(2)3;1-2/h2,4-6H2,1,3H3,(H,9,10);1-2H2. The first-order chi connectivity index (χ1) is 6.18. The minimum atomic E-state index is -0.249. The van der Waals surface area contributed by atoms with Crippen molar-refractivity contribution in [2.45, 2.75) is 26.7 Å². The van der Waals surface area contributed by atoms with Crippen LogP contribution in [-0.2, 0) is 9.63 Å². The molecule has 1 amide bonds. The molecule has 0 aliphatic rings. The second kappa shape index (κ2) is 11.1. The smallest absolute Gasteiger partial charge is 0.269 e. The van der Waals surface area contributed by atoms with Gasteiger partial charge in [-0.25, -0.2) is 5.48 Å². The molecule has 5 heteroatoms. The van der Waals surface area contributed by atoms with Crippen molar-refractivity contribution in [3.05, 3.63) is 12.2 Å². The second-order valence-electron chi connectivity index (χ2n) is 2.41. The Bertz CT molecular complexity index is 148. The van der Waals surface area contributed by atoms with Gasteiger partial charge < -0.3 is 0 Å². The fraction of sp³-hybridized carbons (Fsp3) is 0.625. The van der Waals surface area contributed by atoms with Crippen molar-refractivity contribution in [2.75, 3.05) is 6.61 Å². The van der Waals surface area contributed by atoms with Gasteiger partial charge >= 0.3 is 0 Å². The molecule has 13 heavy (non-hydrogen) atoms. The van der Waals surface area contributed by atoms with Crippen LogP contribution in [0.1, 0.15) is 26.7 Å². The van der Waals surface area contributed by atoms with E-state index in [-0.39, 0.29) is 5.91 Å². The summed E-state index contributed by atoms with van der Waals surface area (Å²) in [6.45, 7) is 7.72. The van der Waals surface area contributed by atoms with Crippen molar-refractivity contribution in [1.82, 2.24) is 5.48 Å². The maximum atomic E-state index is 10.8. The predicted octanol–water partition coefficient (Wildman–Crippen LogP) is 0.229. The number of carbonyl (C=O) groups excluding carboxylic acids is 1. The molecule has 0 rings (SSSR count). The number of hydrogen-bond donors (Lipinski definition) is 3. The molecule has 0 bridgehead atoms. The molecule has 0 unspecified atom stereocenters. The van der Waals surface area contributed by atoms with E-state index in [9.17, 15) is 4.79 Å². The van der Waals surface area contributed by atoms with Crippen LogP contribution >= 0.6 is 0 Å². The Balaban J connectivity index is 0. The molecule has 0 aliphatic heterocycles. The Hall–Kier alpha value is -0.910. The Morgan fingerprint density at radius 1 is 1.54 bits per heavy atom. The molecular formula is C8H19N3O2. The third-order valence-electron chi connectivity index (χ3n) is 1.15. The van der Waals surface area contributed by atoms with Gasteiger partial charge in [-0.15, -0.1) is 0 Å². The average Bonchev–Trinajstić information content (AvgIpc) is 2.15. The van der Waals surface area contributed by atoms with Gasteiger partial charge in [0.05, 0.1) is 6.61 Å². The van der Waals surface area contributed by atoms with Crippen LogP contribution in [0.3, 0.4) is 0 Å². The van der Waals surface area contributed by atoms with E-state index >= 15 is 0 Å². The first-order valence-electron chi connectivity index (χ1n) is 4.09. The Labute approximate surface area is 79.0 Å². The van der Waals surface area contributed by atoms with Gasteiger partial charge in [-0.1, -0.05) is 19.9 Å². The number of hydroxylamine groups is 1. The van der Waals surface area contributed by atoms with E-state index in [1.54, 1.807) is 6.92 Å². The summed E-state index contributed by atoms with van der Waals surface area (Å²) in [6.07, 6.45) is 2.01. The van der Waals surface area contributed by atoms with E-state index in [1.165, 1.54) is 0 Å². The van der Waals surface area contributed by atoms with Crippen LogP contribution < -0.4 is 17.2 Å². The zero-order chi connectivity index (χ0) is 10.7. The number of carbonyl (C=O) groups is 1. The van der Waals surface area contributed by atoms with E-state index < -0.39 is 0 Å². The van der Waals surface area contributed by atoms with Gasteiger partial charge in [0.15, 0.2) is 0 Å². The topological polar surface area (TPSA) is 90.4 Å². The summed E-state index contributed by atoms with van der Waals surface area (Å²) in [5, 5.41) is 0. The number of amides is 1. The Morgan fingerprint density at radius 3 is 2.46 bits per heavy atom. The Morgan fingerprint density at radius 2 is 2.08 bits per heavy atom. The monoisotopic (exact) mass is 189 g/mol. The van der Waals surface area contributed by atoms with Gasteiger partial charge in [0.2, 0.25) is 0 Å². The first-order valence-corrected chi connectivity index (χ1v) is 4.09. The van der Waals surface area contributed by atoms with E-state index in [0.717, 1.165) is 12.8 Å². The maximum Gasteiger partial charge on any atom is 0.269 e. The van der Waals surface area contributed by atoms with Crippen LogP contribution in [-0.4, -0.2) is 12.5 Å². The van der Waals surface area contributed by atoms with Crippen molar-refractivity contribution in [1.29, 1.82) is 0 Å². The molecule has 5 N–H and O–H groups in total. The molecule has 78 valence electrons. The summed E-state index contributed by atoms with van der Waals surface area (Å²) in [5.74, 6) is 7.75. The van der Waals surface area contributed by atoms with Crippen LogP contribution in [0.15, 0.2) is 12.2 Å². The number of rotatable bonds is 5. The minimum Gasteiger partial charge on any atom is -0.274 e. The van der Waals surface area contributed by atoms with Crippen molar-refractivity contribution < 1.29 is 9.63 Å². The molecule has 0 spiro atoms. The van der Waals surface area contributed by atoms with E-state index in [1.807, 2.05) is 0 Å². The van der Waals surface area contributed by atoms with Crippen molar-refractivity contribution >= 4 is 5.91 Å². The van der Waals surface area contributed by atoms with Crippen LogP contribution in [0.2, 0.25) is 0 Å². The van der Waals surface area contributed by atoms with Crippen LogP contribution in [0.5, 0.6) is 0 Å². The largest absolute Gasteiger partial charge is 0.274 e. The summed E-state index contributed by atoms with van der Waals surface area (Å²) in [4.78, 5) is 15.6. The molecule has 0 saturated heterocycles. The normalized spacial score (nSPS) is 8.31. The lowest BCUT2D eigenvalue weighted by Crippen LogP contribution is -2.24. The number of hydrazine groups is 1. The van der Waals surface area contributed by atoms with Gasteiger partial charge in [0, 0.05) is 5.57 Å².